The second-order valence-electron chi connectivity index (χ2n) is 5.59. The molecule has 0 amide bonds. The van der Waals surface area contributed by atoms with Crippen molar-refractivity contribution < 1.29 is 18.3 Å². The Kier molecular flexibility index (Phi) is 7.87. The van der Waals surface area contributed by atoms with E-state index in [0.29, 0.717) is 17.1 Å². The van der Waals surface area contributed by atoms with Gasteiger partial charge >= 0.3 is 6.18 Å². The van der Waals surface area contributed by atoms with Crippen LogP contribution in [-0.4, -0.2) is 11.3 Å². The summed E-state index contributed by atoms with van der Waals surface area (Å²) in [6.07, 6.45) is 1.74. The second-order valence-corrected chi connectivity index (χ2v) is 6.00. The highest BCUT2D eigenvalue weighted by Crippen LogP contribution is 2.29. The van der Waals surface area contributed by atoms with E-state index < -0.39 is 12.6 Å². The van der Waals surface area contributed by atoms with Gasteiger partial charge in [0.25, 0.3) is 0 Å². The van der Waals surface area contributed by atoms with Gasteiger partial charge in [-0.25, -0.2) is 0 Å². The van der Waals surface area contributed by atoms with Crippen molar-refractivity contribution in [2.75, 3.05) is 5.73 Å². The van der Waals surface area contributed by atoms with Gasteiger partial charge in [0, 0.05) is 17.5 Å². The van der Waals surface area contributed by atoms with Gasteiger partial charge in [-0.3, -0.25) is 0 Å². The fourth-order valence-corrected chi connectivity index (χ4v) is 2.60. The first-order valence-electron chi connectivity index (χ1n) is 7.63. The lowest BCUT2D eigenvalue weighted by atomic mass is 10.0. The zero-order valence-electron chi connectivity index (χ0n) is 12.6. The van der Waals surface area contributed by atoms with Crippen molar-refractivity contribution in [1.29, 1.82) is 0 Å². The Morgan fingerprint density at radius 3 is 2.09 bits per heavy atom. The molecule has 1 aromatic carbocycles. The average Bonchev–Trinajstić information content (AvgIpc) is 2.41. The highest BCUT2D eigenvalue weighted by molar-refractivity contribution is 6.31. The monoisotopic (exact) mass is 337 g/mol. The van der Waals surface area contributed by atoms with Crippen LogP contribution in [0.3, 0.4) is 0 Å². The van der Waals surface area contributed by atoms with Gasteiger partial charge in [0.1, 0.15) is 5.75 Å². The molecule has 0 atom stereocenters. The Balaban J connectivity index is 2.08. The van der Waals surface area contributed by atoms with Gasteiger partial charge in [0.15, 0.2) is 0 Å². The topological polar surface area (TPSA) is 46.2 Å². The minimum Gasteiger partial charge on any atom is -0.506 e. The Morgan fingerprint density at radius 1 is 0.955 bits per heavy atom. The number of nitrogens with two attached hydrogens (primary N) is 1. The summed E-state index contributed by atoms with van der Waals surface area (Å²) in [5.41, 5.74) is 6.87. The van der Waals surface area contributed by atoms with Crippen molar-refractivity contribution in [3.8, 4) is 5.75 Å². The molecule has 0 saturated heterocycles. The van der Waals surface area contributed by atoms with E-state index in [9.17, 15) is 18.3 Å². The van der Waals surface area contributed by atoms with Gasteiger partial charge in [0.2, 0.25) is 0 Å². The second kappa shape index (κ2) is 9.13. The summed E-state index contributed by atoms with van der Waals surface area (Å²) in [7, 11) is 0. The third-order valence-corrected chi connectivity index (χ3v) is 3.95. The van der Waals surface area contributed by atoms with Gasteiger partial charge in [0.05, 0.1) is 5.69 Å². The lowest BCUT2D eigenvalue weighted by molar-refractivity contribution is -0.135. The van der Waals surface area contributed by atoms with E-state index in [4.69, 9.17) is 17.3 Å². The highest BCUT2D eigenvalue weighted by Gasteiger charge is 2.25. The van der Waals surface area contributed by atoms with Gasteiger partial charge in [-0.2, -0.15) is 13.2 Å². The van der Waals surface area contributed by atoms with Crippen LogP contribution < -0.4 is 5.73 Å². The molecule has 1 rings (SSSR count). The summed E-state index contributed by atoms with van der Waals surface area (Å²) in [5.74, 6) is -0.00685. The highest BCUT2D eigenvalue weighted by atomic mass is 35.5. The fraction of sp³-hybridized carbons (Fsp3) is 0.625. The summed E-state index contributed by atoms with van der Waals surface area (Å²) in [5, 5.41) is 9.92. The number of aromatic hydroxyl groups is 1. The minimum atomic E-state index is -4.02. The van der Waals surface area contributed by atoms with Gasteiger partial charge in [-0.15, -0.1) is 0 Å². The van der Waals surface area contributed by atoms with Gasteiger partial charge in [-0.05, 0) is 30.9 Å². The number of phenolic OH excluding ortho intramolecular Hbond substituents is 1. The predicted molar refractivity (Wildman–Crippen MR) is 84.2 cm³/mol. The molecule has 0 aromatic heterocycles. The van der Waals surface area contributed by atoms with Crippen molar-refractivity contribution >= 4 is 17.3 Å². The minimum absolute atomic E-state index is 0.00685. The van der Waals surface area contributed by atoms with Crippen molar-refractivity contribution in [2.45, 2.75) is 64.0 Å². The maximum Gasteiger partial charge on any atom is 0.389 e. The van der Waals surface area contributed by atoms with E-state index in [2.05, 4.69) is 0 Å². The molecule has 3 N–H and O–H groups in total. The third-order valence-electron chi connectivity index (χ3n) is 3.60. The summed E-state index contributed by atoms with van der Waals surface area (Å²) < 4.78 is 35.8. The summed E-state index contributed by atoms with van der Waals surface area (Å²) in [6, 6.07) is 3.14. The average molecular weight is 338 g/mol. The van der Waals surface area contributed by atoms with Crippen LogP contribution >= 0.6 is 11.6 Å². The molecule has 6 heteroatoms. The van der Waals surface area contributed by atoms with Crippen LogP contribution in [0.4, 0.5) is 18.9 Å². The molecule has 0 bridgehead atoms. The molecule has 0 fully saturated rings. The maximum absolute atomic E-state index is 11.9. The van der Waals surface area contributed by atoms with Crippen molar-refractivity contribution in [3.05, 3.63) is 22.7 Å². The van der Waals surface area contributed by atoms with Crippen LogP contribution in [0.5, 0.6) is 5.75 Å². The lowest BCUT2D eigenvalue weighted by Crippen LogP contribution is -2.06. The van der Waals surface area contributed by atoms with Crippen LogP contribution in [-0.2, 0) is 6.42 Å². The number of rotatable bonds is 9. The molecule has 0 unspecified atom stereocenters. The van der Waals surface area contributed by atoms with Gasteiger partial charge < -0.3 is 10.8 Å². The lowest BCUT2D eigenvalue weighted by Gasteiger charge is -2.08. The quantitative estimate of drug-likeness (QED) is 0.337. The Labute approximate surface area is 134 Å². The molecule has 0 aliphatic heterocycles. The number of nitrogen functional groups attached to an aromatic ring is 1. The van der Waals surface area contributed by atoms with E-state index in [-0.39, 0.29) is 12.2 Å². The zero-order chi connectivity index (χ0) is 16.6. The number of hydrogen-bond donors (Lipinski definition) is 2. The van der Waals surface area contributed by atoms with E-state index in [1.54, 1.807) is 6.07 Å². The van der Waals surface area contributed by atoms with Crippen LogP contribution in [0.15, 0.2) is 12.1 Å². The SMILES string of the molecule is Nc1cc(CCCCCCCCCC(F)(F)F)c(Cl)cc1O. The predicted octanol–water partition coefficient (Wildman–Crippen LogP) is 5.85. The van der Waals surface area contributed by atoms with Crippen molar-refractivity contribution in [3.63, 3.8) is 0 Å². The molecule has 0 aliphatic carbocycles. The van der Waals surface area contributed by atoms with E-state index in [1.807, 2.05) is 0 Å². The molecule has 0 spiro atoms. The van der Waals surface area contributed by atoms with E-state index >= 15 is 0 Å². The molecule has 22 heavy (non-hydrogen) atoms. The molecule has 2 nitrogen and oxygen atoms in total. The van der Waals surface area contributed by atoms with Crippen LogP contribution in [0.2, 0.25) is 5.02 Å². The maximum atomic E-state index is 11.9. The number of alkyl halides is 3. The Hall–Kier alpha value is -1.10. The number of halogens is 4. The smallest absolute Gasteiger partial charge is 0.389 e. The largest absolute Gasteiger partial charge is 0.506 e. The molecule has 0 saturated carbocycles. The van der Waals surface area contributed by atoms with Crippen molar-refractivity contribution in [2.24, 2.45) is 0 Å². The summed E-state index contributed by atoms with van der Waals surface area (Å²) in [4.78, 5) is 0. The number of hydrogen-bond acceptors (Lipinski definition) is 2. The molecular formula is C16H23ClF3NO. The Bertz CT molecular complexity index is 463. The van der Waals surface area contributed by atoms with Gasteiger partial charge in [-0.1, -0.05) is 43.7 Å². The number of phenols is 1. The normalized spacial score (nSPS) is 11.8. The molecule has 0 radical (unpaired) electrons. The zero-order valence-corrected chi connectivity index (χ0v) is 13.3. The van der Waals surface area contributed by atoms with Crippen molar-refractivity contribution in [1.82, 2.24) is 0 Å². The fourth-order valence-electron chi connectivity index (χ4n) is 2.34. The standard InChI is InChI=1S/C16H23ClF3NO/c17-13-11-15(22)14(21)10-12(13)8-6-4-2-1-3-5-7-9-16(18,19)20/h10-11,22H,1-9,21H2. The Morgan fingerprint density at radius 2 is 1.50 bits per heavy atom. The first-order valence-corrected chi connectivity index (χ1v) is 8.01. The molecule has 0 aliphatic rings. The van der Waals surface area contributed by atoms with E-state index in [0.717, 1.165) is 44.1 Å². The van der Waals surface area contributed by atoms with E-state index in [1.165, 1.54) is 6.07 Å². The van der Waals surface area contributed by atoms with Crippen LogP contribution in [0.25, 0.3) is 0 Å². The number of benzene rings is 1. The molecule has 126 valence electrons. The first-order chi connectivity index (χ1) is 10.3. The van der Waals surface area contributed by atoms with Crippen LogP contribution in [0.1, 0.15) is 56.9 Å². The summed E-state index contributed by atoms with van der Waals surface area (Å²) in [6.45, 7) is 0. The molecule has 0 heterocycles. The molecule has 1 aromatic rings. The number of anilines is 1. The number of aryl methyl sites for hydroxylation is 1. The van der Waals surface area contributed by atoms with Crippen LogP contribution in [0, 0.1) is 0 Å². The third kappa shape index (κ3) is 7.78. The molecular weight excluding hydrogens is 315 g/mol. The first kappa shape index (κ1) is 18.9. The summed E-state index contributed by atoms with van der Waals surface area (Å²) >= 11 is 6.03. The number of unbranched alkanes of at least 4 members (excludes halogenated alkanes) is 6.